The second-order valence-corrected chi connectivity index (χ2v) is 4.58. The molecule has 1 aromatic heterocycles. The highest BCUT2D eigenvalue weighted by molar-refractivity contribution is 5.94. The molecule has 1 aromatic rings. The average Bonchev–Trinajstić information content (AvgIpc) is 2.76. The Balaban J connectivity index is 2.12. The Morgan fingerprint density at radius 1 is 1.50 bits per heavy atom. The fourth-order valence-electron chi connectivity index (χ4n) is 2.28. The van der Waals surface area contributed by atoms with Crippen molar-refractivity contribution in [1.29, 1.82) is 0 Å². The molecule has 1 aliphatic rings. The van der Waals surface area contributed by atoms with Gasteiger partial charge in [-0.1, -0.05) is 0 Å². The van der Waals surface area contributed by atoms with Crippen LogP contribution in [-0.2, 0) is 4.79 Å². The van der Waals surface area contributed by atoms with Crippen LogP contribution in [0.3, 0.4) is 0 Å². The van der Waals surface area contributed by atoms with Gasteiger partial charge in [-0.2, -0.15) is 0 Å². The summed E-state index contributed by atoms with van der Waals surface area (Å²) in [6.45, 7) is 2.49. The maximum absolute atomic E-state index is 12.2. The Morgan fingerprint density at radius 2 is 2.28 bits per heavy atom. The van der Waals surface area contributed by atoms with Gasteiger partial charge in [0.05, 0.1) is 12.0 Å². The molecule has 2 rings (SSSR count). The summed E-state index contributed by atoms with van der Waals surface area (Å²) >= 11 is 0. The second kappa shape index (κ2) is 5.16. The minimum absolute atomic E-state index is 0.0189. The highest BCUT2D eigenvalue weighted by Gasteiger charge is 2.30. The van der Waals surface area contributed by atoms with Crippen molar-refractivity contribution in [2.45, 2.75) is 32.2 Å². The average molecular weight is 248 g/mol. The van der Waals surface area contributed by atoms with E-state index in [-0.39, 0.29) is 18.4 Å². The lowest BCUT2D eigenvalue weighted by molar-refractivity contribution is -0.137. The molecule has 1 atom stereocenters. The number of carbonyl (C=O) groups is 2. The molecule has 5 heteroatoms. The zero-order chi connectivity index (χ0) is 13.1. The van der Waals surface area contributed by atoms with Crippen LogP contribution in [0.5, 0.6) is 0 Å². The molecule has 2 heterocycles. The number of aryl methyl sites for hydroxylation is 1. The van der Waals surface area contributed by atoms with Gasteiger partial charge in [-0.25, -0.2) is 0 Å². The van der Waals surface area contributed by atoms with Crippen LogP contribution < -0.4 is 0 Å². The van der Waals surface area contributed by atoms with Crippen LogP contribution in [-0.4, -0.2) is 39.5 Å². The largest absolute Gasteiger partial charge is 0.481 e. The number of carbonyl (C=O) groups excluding carboxylic acids is 1. The quantitative estimate of drug-likeness (QED) is 0.879. The van der Waals surface area contributed by atoms with Gasteiger partial charge in [0.2, 0.25) is 0 Å². The van der Waals surface area contributed by atoms with E-state index in [0.717, 1.165) is 18.5 Å². The molecule has 5 nitrogen and oxygen atoms in total. The highest BCUT2D eigenvalue weighted by Crippen LogP contribution is 2.22. The van der Waals surface area contributed by atoms with Gasteiger partial charge in [0.25, 0.3) is 5.91 Å². The van der Waals surface area contributed by atoms with Crippen molar-refractivity contribution in [3.05, 3.63) is 29.6 Å². The number of hydrogen-bond donors (Lipinski definition) is 1. The molecule has 0 aromatic carbocycles. The number of amides is 1. The summed E-state index contributed by atoms with van der Waals surface area (Å²) in [6, 6.07) is 3.34. The van der Waals surface area contributed by atoms with E-state index in [0.29, 0.717) is 12.1 Å². The van der Waals surface area contributed by atoms with Crippen LogP contribution in [0.2, 0.25) is 0 Å². The Hall–Kier alpha value is -1.91. The second-order valence-electron chi connectivity index (χ2n) is 4.58. The van der Waals surface area contributed by atoms with Gasteiger partial charge in [0.15, 0.2) is 0 Å². The van der Waals surface area contributed by atoms with Crippen molar-refractivity contribution in [3.63, 3.8) is 0 Å². The van der Waals surface area contributed by atoms with Crippen LogP contribution >= 0.6 is 0 Å². The summed E-state index contributed by atoms with van der Waals surface area (Å²) in [5.41, 5.74) is 1.38. The predicted molar refractivity (Wildman–Crippen MR) is 65.3 cm³/mol. The summed E-state index contributed by atoms with van der Waals surface area (Å²) in [4.78, 5) is 28.7. The third-order valence-corrected chi connectivity index (χ3v) is 3.21. The molecule has 1 unspecified atom stereocenters. The van der Waals surface area contributed by atoms with Gasteiger partial charge in [-0.05, 0) is 31.9 Å². The number of rotatable bonds is 3. The van der Waals surface area contributed by atoms with E-state index in [2.05, 4.69) is 4.98 Å². The molecule has 0 bridgehead atoms. The lowest BCUT2D eigenvalue weighted by Crippen LogP contribution is -2.36. The Labute approximate surface area is 105 Å². The van der Waals surface area contributed by atoms with Crippen LogP contribution in [0.25, 0.3) is 0 Å². The van der Waals surface area contributed by atoms with E-state index in [4.69, 9.17) is 5.11 Å². The van der Waals surface area contributed by atoms with E-state index >= 15 is 0 Å². The maximum atomic E-state index is 12.2. The monoisotopic (exact) mass is 248 g/mol. The number of hydrogen-bond acceptors (Lipinski definition) is 3. The molecular weight excluding hydrogens is 232 g/mol. The summed E-state index contributed by atoms with van der Waals surface area (Å²) in [5, 5.41) is 8.83. The standard InChI is InChI=1S/C13H16N2O3/c1-9-4-5-10(8-14-9)13(18)15-6-2-3-11(15)7-12(16)17/h4-5,8,11H,2-3,6-7H2,1H3,(H,16,17). The maximum Gasteiger partial charge on any atom is 0.305 e. The molecule has 1 N–H and O–H groups in total. The van der Waals surface area contributed by atoms with Crippen LogP contribution in [0.4, 0.5) is 0 Å². The number of carboxylic acid groups (broad SMARTS) is 1. The zero-order valence-electron chi connectivity index (χ0n) is 10.3. The van der Waals surface area contributed by atoms with Crippen molar-refractivity contribution in [3.8, 4) is 0 Å². The van der Waals surface area contributed by atoms with E-state index in [1.807, 2.05) is 6.92 Å². The molecule has 0 spiro atoms. The fraction of sp³-hybridized carbons (Fsp3) is 0.462. The Morgan fingerprint density at radius 3 is 2.89 bits per heavy atom. The number of nitrogens with zero attached hydrogens (tertiary/aromatic N) is 2. The minimum Gasteiger partial charge on any atom is -0.481 e. The molecule has 1 aliphatic heterocycles. The van der Waals surface area contributed by atoms with Crippen LogP contribution in [0.15, 0.2) is 18.3 Å². The molecular formula is C13H16N2O3. The van der Waals surface area contributed by atoms with Gasteiger partial charge < -0.3 is 10.0 Å². The number of pyridine rings is 1. The predicted octanol–water partition coefficient (Wildman–Crippen LogP) is 1.47. The number of likely N-dealkylation sites (tertiary alicyclic amines) is 1. The molecule has 0 aliphatic carbocycles. The lowest BCUT2D eigenvalue weighted by Gasteiger charge is -2.23. The third-order valence-electron chi connectivity index (χ3n) is 3.21. The van der Waals surface area contributed by atoms with E-state index < -0.39 is 5.97 Å². The number of aliphatic carboxylic acids is 1. The van der Waals surface area contributed by atoms with E-state index in [1.54, 1.807) is 23.2 Å². The first-order valence-electron chi connectivity index (χ1n) is 6.03. The van der Waals surface area contributed by atoms with Crippen molar-refractivity contribution in [2.24, 2.45) is 0 Å². The first kappa shape index (κ1) is 12.5. The van der Waals surface area contributed by atoms with E-state index in [1.165, 1.54) is 0 Å². The van der Waals surface area contributed by atoms with Crippen molar-refractivity contribution < 1.29 is 14.7 Å². The molecule has 1 saturated heterocycles. The molecule has 0 radical (unpaired) electrons. The summed E-state index contributed by atoms with van der Waals surface area (Å²) in [7, 11) is 0. The van der Waals surface area contributed by atoms with Gasteiger partial charge in [0, 0.05) is 24.5 Å². The zero-order valence-corrected chi connectivity index (χ0v) is 10.3. The van der Waals surface area contributed by atoms with Crippen molar-refractivity contribution >= 4 is 11.9 Å². The molecule has 1 fully saturated rings. The summed E-state index contributed by atoms with van der Waals surface area (Å²) in [5.74, 6) is -0.979. The van der Waals surface area contributed by atoms with Crippen LogP contribution in [0, 0.1) is 6.92 Å². The molecule has 1 amide bonds. The summed E-state index contributed by atoms with van der Waals surface area (Å²) < 4.78 is 0. The van der Waals surface area contributed by atoms with Gasteiger partial charge in [0.1, 0.15) is 0 Å². The number of carboxylic acids is 1. The lowest BCUT2D eigenvalue weighted by atomic mass is 10.1. The normalized spacial score (nSPS) is 18.9. The van der Waals surface area contributed by atoms with E-state index in [9.17, 15) is 9.59 Å². The SMILES string of the molecule is Cc1ccc(C(=O)N2CCCC2CC(=O)O)cn1. The fourth-order valence-corrected chi connectivity index (χ4v) is 2.28. The van der Waals surface area contributed by atoms with Crippen molar-refractivity contribution in [2.75, 3.05) is 6.54 Å². The Bertz CT molecular complexity index is 456. The minimum atomic E-state index is -0.860. The third kappa shape index (κ3) is 2.67. The first-order chi connectivity index (χ1) is 8.58. The Kier molecular flexibility index (Phi) is 3.60. The van der Waals surface area contributed by atoms with Crippen molar-refractivity contribution in [1.82, 2.24) is 9.88 Å². The molecule has 96 valence electrons. The number of aromatic nitrogens is 1. The van der Waals surface area contributed by atoms with Gasteiger partial charge in [-0.15, -0.1) is 0 Å². The molecule has 18 heavy (non-hydrogen) atoms. The van der Waals surface area contributed by atoms with Gasteiger partial charge >= 0.3 is 5.97 Å². The summed E-state index contributed by atoms with van der Waals surface area (Å²) in [6.07, 6.45) is 3.19. The van der Waals surface area contributed by atoms with Gasteiger partial charge in [-0.3, -0.25) is 14.6 Å². The smallest absolute Gasteiger partial charge is 0.305 e. The van der Waals surface area contributed by atoms with Crippen LogP contribution in [0.1, 0.15) is 35.3 Å². The first-order valence-corrected chi connectivity index (χ1v) is 6.03. The highest BCUT2D eigenvalue weighted by atomic mass is 16.4. The topological polar surface area (TPSA) is 70.5 Å². The molecule has 0 saturated carbocycles.